The molecule has 2 atom stereocenters. The number of hydrogen-bond acceptors (Lipinski definition) is 3. The maximum Gasteiger partial charge on any atom is 0.288 e. The summed E-state index contributed by atoms with van der Waals surface area (Å²) in [4.78, 5) is 2.07. The molecule has 0 bridgehead atoms. The van der Waals surface area contributed by atoms with Gasteiger partial charge in [0.05, 0.1) is 6.10 Å². The summed E-state index contributed by atoms with van der Waals surface area (Å²) >= 11 is 0. The SMILES string of the molecule is CN1CC(O)CC1C[B]O. The predicted octanol–water partition coefficient (Wildman–Crippen LogP) is -0.919. The Morgan fingerprint density at radius 3 is 2.80 bits per heavy atom. The van der Waals surface area contributed by atoms with Crippen molar-refractivity contribution in [3.8, 4) is 0 Å². The molecule has 0 amide bonds. The van der Waals surface area contributed by atoms with Crippen molar-refractivity contribution < 1.29 is 10.1 Å². The quantitative estimate of drug-likeness (QED) is 0.490. The van der Waals surface area contributed by atoms with Gasteiger partial charge < -0.3 is 15.0 Å². The van der Waals surface area contributed by atoms with Gasteiger partial charge in [0.25, 0.3) is 7.48 Å². The number of nitrogens with zero attached hydrogens (tertiary/aromatic N) is 1. The maximum atomic E-state index is 9.16. The Bertz CT molecular complexity index is 112. The van der Waals surface area contributed by atoms with Crippen molar-refractivity contribution in [3.05, 3.63) is 0 Å². The predicted molar refractivity (Wildman–Crippen MR) is 39.8 cm³/mol. The van der Waals surface area contributed by atoms with Crippen molar-refractivity contribution in [2.24, 2.45) is 0 Å². The summed E-state index contributed by atoms with van der Waals surface area (Å²) in [6.07, 6.45) is 1.25. The Kier molecular flexibility index (Phi) is 2.71. The molecule has 0 aromatic carbocycles. The standard InChI is InChI=1S/C6H13BNO2/c1-8-4-6(9)2-5(8)3-7-10/h5-6,9-10H,2-4H2,1H3. The lowest BCUT2D eigenvalue weighted by Gasteiger charge is -2.16. The van der Waals surface area contributed by atoms with Crippen molar-refractivity contribution in [2.45, 2.75) is 24.9 Å². The fourth-order valence-electron chi connectivity index (χ4n) is 1.45. The third-order valence-corrected chi connectivity index (χ3v) is 2.04. The highest BCUT2D eigenvalue weighted by molar-refractivity contribution is 6.25. The van der Waals surface area contributed by atoms with Gasteiger partial charge in [-0.3, -0.25) is 0 Å². The average molecular weight is 142 g/mol. The Labute approximate surface area is 61.9 Å². The van der Waals surface area contributed by atoms with Crippen molar-refractivity contribution in [1.82, 2.24) is 4.90 Å². The van der Waals surface area contributed by atoms with E-state index in [1.54, 1.807) is 0 Å². The second-order valence-corrected chi connectivity index (χ2v) is 2.90. The van der Waals surface area contributed by atoms with Gasteiger partial charge in [0.15, 0.2) is 0 Å². The van der Waals surface area contributed by atoms with Crippen LogP contribution in [0.25, 0.3) is 0 Å². The lowest BCUT2D eigenvalue weighted by atomic mass is 9.89. The molecule has 1 fully saturated rings. The maximum absolute atomic E-state index is 9.16. The Hall–Kier alpha value is -0.0551. The molecule has 1 aliphatic heterocycles. The Balaban J connectivity index is 2.31. The summed E-state index contributed by atoms with van der Waals surface area (Å²) in [5, 5.41) is 17.7. The first-order valence-corrected chi connectivity index (χ1v) is 3.58. The fraction of sp³-hybridized carbons (Fsp3) is 1.00. The van der Waals surface area contributed by atoms with Crippen LogP contribution >= 0.6 is 0 Å². The highest BCUT2D eigenvalue weighted by Crippen LogP contribution is 2.17. The summed E-state index contributed by atoms with van der Waals surface area (Å²) < 4.78 is 0. The Morgan fingerprint density at radius 2 is 2.40 bits per heavy atom. The molecule has 4 heteroatoms. The molecule has 1 heterocycles. The number of aliphatic hydroxyl groups is 1. The number of β-amino-alcohol motifs (C(OH)–C–C–N with tert-alkyl or cyclic N) is 1. The number of aliphatic hydroxyl groups excluding tert-OH is 1. The molecule has 1 radical (unpaired) electrons. The summed E-state index contributed by atoms with van der Waals surface area (Å²) in [6.45, 7) is 0.735. The molecule has 2 N–H and O–H groups in total. The van der Waals surface area contributed by atoms with Crippen molar-refractivity contribution in [1.29, 1.82) is 0 Å². The molecule has 3 nitrogen and oxygen atoms in total. The van der Waals surface area contributed by atoms with Crippen LogP contribution in [0, 0.1) is 0 Å². The molecule has 0 aliphatic carbocycles. The third kappa shape index (κ3) is 1.72. The highest BCUT2D eigenvalue weighted by Gasteiger charge is 2.27. The molecular weight excluding hydrogens is 129 g/mol. The van der Waals surface area contributed by atoms with Crippen LogP contribution in [0.2, 0.25) is 6.32 Å². The number of rotatable bonds is 2. The van der Waals surface area contributed by atoms with E-state index in [1.807, 2.05) is 7.05 Å². The van der Waals surface area contributed by atoms with Gasteiger partial charge in [-0.05, 0) is 19.8 Å². The summed E-state index contributed by atoms with van der Waals surface area (Å²) in [5.74, 6) is 0. The smallest absolute Gasteiger partial charge is 0.288 e. The number of likely N-dealkylation sites (N-methyl/N-ethyl adjacent to an activating group) is 1. The normalized spacial score (nSPS) is 34.7. The average Bonchev–Trinajstić information content (AvgIpc) is 2.13. The van der Waals surface area contributed by atoms with E-state index in [0.29, 0.717) is 12.4 Å². The minimum atomic E-state index is -0.199. The van der Waals surface area contributed by atoms with E-state index in [4.69, 9.17) is 10.1 Å². The van der Waals surface area contributed by atoms with Crippen LogP contribution in [0.5, 0.6) is 0 Å². The lowest BCUT2D eigenvalue weighted by molar-refractivity contribution is 0.182. The van der Waals surface area contributed by atoms with Crippen LogP contribution in [0.3, 0.4) is 0 Å². The van der Waals surface area contributed by atoms with E-state index in [0.717, 1.165) is 13.0 Å². The zero-order chi connectivity index (χ0) is 7.56. The molecule has 2 unspecified atom stereocenters. The van der Waals surface area contributed by atoms with E-state index < -0.39 is 0 Å². The van der Waals surface area contributed by atoms with E-state index in [9.17, 15) is 0 Å². The molecule has 0 aromatic heterocycles. The van der Waals surface area contributed by atoms with Gasteiger partial charge in [0.1, 0.15) is 0 Å². The third-order valence-electron chi connectivity index (χ3n) is 2.04. The summed E-state index contributed by atoms with van der Waals surface area (Å²) in [6, 6.07) is 0.333. The zero-order valence-electron chi connectivity index (χ0n) is 6.20. The number of hydrogen-bond donors (Lipinski definition) is 2. The molecule has 1 rings (SSSR count). The number of likely N-dealkylation sites (tertiary alicyclic amines) is 1. The van der Waals surface area contributed by atoms with E-state index in [-0.39, 0.29) is 6.10 Å². The first kappa shape index (κ1) is 8.05. The minimum Gasteiger partial charge on any atom is -0.454 e. The first-order chi connectivity index (χ1) is 4.74. The molecule has 1 saturated heterocycles. The molecule has 0 saturated carbocycles. The molecular formula is C6H13BNO2. The van der Waals surface area contributed by atoms with Gasteiger partial charge >= 0.3 is 0 Å². The minimum absolute atomic E-state index is 0.199. The second kappa shape index (κ2) is 3.37. The van der Waals surface area contributed by atoms with Crippen LogP contribution in [-0.4, -0.2) is 48.3 Å². The van der Waals surface area contributed by atoms with Crippen LogP contribution < -0.4 is 0 Å². The topological polar surface area (TPSA) is 43.7 Å². The second-order valence-electron chi connectivity index (χ2n) is 2.90. The largest absolute Gasteiger partial charge is 0.454 e. The summed E-state index contributed by atoms with van der Waals surface area (Å²) in [5.41, 5.74) is 0. The molecule has 1 aliphatic rings. The van der Waals surface area contributed by atoms with E-state index in [2.05, 4.69) is 4.90 Å². The van der Waals surface area contributed by atoms with Crippen LogP contribution in [0.15, 0.2) is 0 Å². The Morgan fingerprint density at radius 1 is 1.70 bits per heavy atom. The van der Waals surface area contributed by atoms with Gasteiger partial charge in [-0.25, -0.2) is 0 Å². The van der Waals surface area contributed by atoms with Gasteiger partial charge in [-0.15, -0.1) is 0 Å². The van der Waals surface area contributed by atoms with Crippen LogP contribution in [0.4, 0.5) is 0 Å². The van der Waals surface area contributed by atoms with E-state index in [1.165, 1.54) is 7.48 Å². The van der Waals surface area contributed by atoms with Gasteiger partial charge in [-0.1, -0.05) is 0 Å². The summed E-state index contributed by atoms with van der Waals surface area (Å²) in [7, 11) is 3.13. The zero-order valence-corrected chi connectivity index (χ0v) is 6.20. The monoisotopic (exact) mass is 142 g/mol. The molecule has 10 heavy (non-hydrogen) atoms. The van der Waals surface area contributed by atoms with Gasteiger partial charge in [0.2, 0.25) is 0 Å². The van der Waals surface area contributed by atoms with E-state index >= 15 is 0 Å². The van der Waals surface area contributed by atoms with Crippen LogP contribution in [0.1, 0.15) is 6.42 Å². The molecule has 0 spiro atoms. The van der Waals surface area contributed by atoms with Crippen molar-refractivity contribution >= 4 is 7.48 Å². The highest BCUT2D eigenvalue weighted by atomic mass is 16.3. The van der Waals surface area contributed by atoms with Gasteiger partial charge in [0, 0.05) is 12.6 Å². The molecule has 0 aromatic rings. The van der Waals surface area contributed by atoms with Gasteiger partial charge in [-0.2, -0.15) is 0 Å². The van der Waals surface area contributed by atoms with Crippen molar-refractivity contribution in [2.75, 3.05) is 13.6 Å². The van der Waals surface area contributed by atoms with Crippen molar-refractivity contribution in [3.63, 3.8) is 0 Å². The first-order valence-electron chi connectivity index (χ1n) is 3.58. The lowest BCUT2D eigenvalue weighted by Crippen LogP contribution is -2.25. The fourth-order valence-corrected chi connectivity index (χ4v) is 1.45. The molecule has 57 valence electrons. The van der Waals surface area contributed by atoms with Crippen LogP contribution in [-0.2, 0) is 0 Å².